The van der Waals surface area contributed by atoms with Crippen molar-refractivity contribution in [3.8, 4) is 0 Å². The Morgan fingerprint density at radius 3 is 2.31 bits per heavy atom. The van der Waals surface area contributed by atoms with Gasteiger partial charge in [0.05, 0.1) is 18.9 Å². The van der Waals surface area contributed by atoms with Crippen LogP contribution in [-0.4, -0.2) is 74.5 Å². The maximum atomic E-state index is 12.5. The lowest BCUT2D eigenvalue weighted by Gasteiger charge is -2.22. The highest BCUT2D eigenvalue weighted by Crippen LogP contribution is 2.06. The van der Waals surface area contributed by atoms with Crippen LogP contribution >= 0.6 is 0 Å². The third kappa shape index (κ3) is 10.0. The highest BCUT2D eigenvalue weighted by Gasteiger charge is 2.26. The van der Waals surface area contributed by atoms with E-state index in [-0.39, 0.29) is 25.2 Å². The Morgan fingerprint density at radius 1 is 1.09 bits per heavy atom. The quantitative estimate of drug-likeness (QED) is 0.171. The molecule has 3 amide bonds. The van der Waals surface area contributed by atoms with Gasteiger partial charge in [0, 0.05) is 24.7 Å². The molecule has 13 nitrogen and oxygen atoms in total. The van der Waals surface area contributed by atoms with E-state index in [1.54, 1.807) is 0 Å². The zero-order chi connectivity index (χ0) is 24.3. The predicted molar refractivity (Wildman–Crippen MR) is 111 cm³/mol. The van der Waals surface area contributed by atoms with E-state index in [4.69, 9.17) is 15.9 Å². The Labute approximate surface area is 184 Å². The van der Waals surface area contributed by atoms with Crippen molar-refractivity contribution in [1.29, 1.82) is 0 Å². The van der Waals surface area contributed by atoms with Gasteiger partial charge in [-0.25, -0.2) is 9.78 Å². The van der Waals surface area contributed by atoms with Crippen molar-refractivity contribution in [3.05, 3.63) is 18.2 Å². The third-order valence-electron chi connectivity index (χ3n) is 4.37. The predicted octanol–water partition coefficient (Wildman–Crippen LogP) is -1.64. The molecule has 178 valence electrons. The molecule has 8 N–H and O–H groups in total. The molecule has 0 aliphatic rings. The number of carbonyl (C=O) groups is 5. The Morgan fingerprint density at radius 2 is 1.78 bits per heavy atom. The van der Waals surface area contributed by atoms with Gasteiger partial charge in [0.25, 0.3) is 0 Å². The van der Waals surface area contributed by atoms with Crippen LogP contribution in [-0.2, 0) is 30.4 Å². The van der Waals surface area contributed by atoms with Gasteiger partial charge in [0.15, 0.2) is 0 Å². The topological polar surface area (TPSA) is 217 Å². The smallest absolute Gasteiger partial charge is 0.326 e. The summed E-state index contributed by atoms with van der Waals surface area (Å²) >= 11 is 0. The minimum Gasteiger partial charge on any atom is -0.481 e. The van der Waals surface area contributed by atoms with E-state index in [9.17, 15) is 24.0 Å². The summed E-state index contributed by atoms with van der Waals surface area (Å²) in [5.74, 6) is -4.53. The number of hydrogen-bond donors (Lipinski definition) is 7. The maximum absolute atomic E-state index is 12.5. The minimum absolute atomic E-state index is 0.0381. The highest BCUT2D eigenvalue weighted by molar-refractivity contribution is 5.92. The van der Waals surface area contributed by atoms with Gasteiger partial charge < -0.3 is 36.9 Å². The minimum atomic E-state index is -1.40. The van der Waals surface area contributed by atoms with E-state index < -0.39 is 60.8 Å². The third-order valence-corrected chi connectivity index (χ3v) is 4.37. The molecule has 3 unspecified atom stereocenters. The lowest BCUT2D eigenvalue weighted by atomic mass is 10.0. The summed E-state index contributed by atoms with van der Waals surface area (Å²) in [5, 5.41) is 24.8. The molecule has 13 heteroatoms. The number of H-pyrrole nitrogens is 1. The van der Waals surface area contributed by atoms with Crippen LogP contribution in [0.15, 0.2) is 12.5 Å². The summed E-state index contributed by atoms with van der Waals surface area (Å²) < 4.78 is 0. The molecule has 0 saturated heterocycles. The Balaban J connectivity index is 2.62. The lowest BCUT2D eigenvalue weighted by Crippen LogP contribution is -2.54. The molecule has 0 saturated carbocycles. The van der Waals surface area contributed by atoms with Crippen LogP contribution in [0.2, 0.25) is 0 Å². The lowest BCUT2D eigenvalue weighted by molar-refractivity contribution is -0.143. The van der Waals surface area contributed by atoms with Crippen molar-refractivity contribution in [3.63, 3.8) is 0 Å². The number of aromatic amines is 1. The van der Waals surface area contributed by atoms with Crippen LogP contribution in [0.4, 0.5) is 0 Å². The fourth-order valence-electron chi connectivity index (χ4n) is 2.77. The average molecular weight is 454 g/mol. The van der Waals surface area contributed by atoms with Crippen molar-refractivity contribution in [1.82, 2.24) is 25.9 Å². The number of aromatic nitrogens is 2. The van der Waals surface area contributed by atoms with E-state index >= 15 is 0 Å². The first-order chi connectivity index (χ1) is 15.0. The molecule has 0 aliphatic heterocycles. The molecule has 1 rings (SSSR count). The van der Waals surface area contributed by atoms with Crippen molar-refractivity contribution < 1.29 is 34.2 Å². The number of imidazole rings is 1. The molecular weight excluding hydrogens is 424 g/mol. The zero-order valence-electron chi connectivity index (χ0n) is 18.0. The number of hydrogen-bond acceptors (Lipinski definition) is 7. The molecule has 32 heavy (non-hydrogen) atoms. The molecule has 0 fully saturated rings. The second kappa shape index (κ2) is 13.0. The van der Waals surface area contributed by atoms with E-state index in [0.717, 1.165) is 0 Å². The molecule has 0 aliphatic carbocycles. The molecule has 0 radical (unpaired) electrons. The molecule has 0 aromatic carbocycles. The summed E-state index contributed by atoms with van der Waals surface area (Å²) in [6.07, 6.45) is 2.72. The van der Waals surface area contributed by atoms with Crippen molar-refractivity contribution in [2.24, 2.45) is 11.7 Å². The Hall–Kier alpha value is -3.48. The van der Waals surface area contributed by atoms with Gasteiger partial charge in [-0.3, -0.25) is 19.2 Å². The second-order valence-electron chi connectivity index (χ2n) is 7.69. The van der Waals surface area contributed by atoms with Crippen LogP contribution in [0.3, 0.4) is 0 Å². The normalized spacial score (nSPS) is 13.6. The summed E-state index contributed by atoms with van der Waals surface area (Å²) in [6, 6.07) is -3.28. The zero-order valence-corrected chi connectivity index (χ0v) is 18.0. The first-order valence-corrected chi connectivity index (χ1v) is 10.0. The fraction of sp³-hybridized carbons (Fsp3) is 0.579. The van der Waals surface area contributed by atoms with Gasteiger partial charge >= 0.3 is 11.9 Å². The highest BCUT2D eigenvalue weighted by atomic mass is 16.4. The van der Waals surface area contributed by atoms with Crippen molar-refractivity contribution >= 4 is 29.7 Å². The summed E-state index contributed by atoms with van der Waals surface area (Å²) in [5.41, 5.74) is 6.55. The molecule has 3 atom stereocenters. The van der Waals surface area contributed by atoms with E-state index in [0.29, 0.717) is 5.69 Å². The largest absolute Gasteiger partial charge is 0.481 e. The van der Waals surface area contributed by atoms with Gasteiger partial charge in [0.2, 0.25) is 17.7 Å². The number of carboxylic acids is 2. The number of carboxylic acid groups (broad SMARTS) is 2. The Kier molecular flexibility index (Phi) is 10.8. The van der Waals surface area contributed by atoms with E-state index in [1.165, 1.54) is 12.5 Å². The standard InChI is InChI=1S/C19H30N6O7/c1-10(2)5-14(25-17(29)12(20)6-11-7-21-9-23-11)18(30)22-8-15(26)24-13(19(31)32)3-4-16(27)28/h7,9-10,12-14H,3-6,8,20H2,1-2H3,(H,21,23)(H,22,30)(H,24,26)(H,25,29)(H,27,28)(H,31,32). The van der Waals surface area contributed by atoms with Gasteiger partial charge in [-0.1, -0.05) is 13.8 Å². The number of nitrogens with zero attached hydrogens (tertiary/aromatic N) is 1. The van der Waals surface area contributed by atoms with Crippen LogP contribution in [0.5, 0.6) is 0 Å². The van der Waals surface area contributed by atoms with E-state index in [2.05, 4.69) is 25.9 Å². The molecule has 1 aromatic heterocycles. The van der Waals surface area contributed by atoms with Crippen LogP contribution in [0.25, 0.3) is 0 Å². The first-order valence-electron chi connectivity index (χ1n) is 10.0. The summed E-state index contributed by atoms with van der Waals surface area (Å²) in [6.45, 7) is 3.16. The first kappa shape index (κ1) is 26.6. The monoisotopic (exact) mass is 454 g/mol. The van der Waals surface area contributed by atoms with Crippen LogP contribution in [0, 0.1) is 5.92 Å². The van der Waals surface area contributed by atoms with Crippen LogP contribution < -0.4 is 21.7 Å². The summed E-state index contributed by atoms with van der Waals surface area (Å²) in [4.78, 5) is 65.4. The molecule has 0 bridgehead atoms. The maximum Gasteiger partial charge on any atom is 0.326 e. The Bertz CT molecular complexity index is 796. The number of carbonyl (C=O) groups excluding carboxylic acids is 3. The average Bonchev–Trinajstić information content (AvgIpc) is 3.20. The SMILES string of the molecule is CC(C)CC(NC(=O)C(N)Cc1cnc[nH]1)C(=O)NCC(=O)NC(CCC(=O)O)C(=O)O. The van der Waals surface area contributed by atoms with Gasteiger partial charge in [-0.2, -0.15) is 0 Å². The molecular formula is C19H30N6O7. The molecule has 0 spiro atoms. The van der Waals surface area contributed by atoms with Crippen molar-refractivity contribution in [2.75, 3.05) is 6.54 Å². The number of aliphatic carboxylic acids is 2. The number of nitrogens with two attached hydrogens (primary N) is 1. The molecule has 1 heterocycles. The number of rotatable bonds is 14. The fourth-order valence-corrected chi connectivity index (χ4v) is 2.77. The number of amides is 3. The second-order valence-corrected chi connectivity index (χ2v) is 7.69. The number of nitrogens with one attached hydrogen (secondary N) is 4. The van der Waals surface area contributed by atoms with Gasteiger partial charge in [-0.05, 0) is 18.8 Å². The van der Waals surface area contributed by atoms with E-state index in [1.807, 2.05) is 13.8 Å². The van der Waals surface area contributed by atoms with Gasteiger partial charge in [-0.15, -0.1) is 0 Å². The van der Waals surface area contributed by atoms with Crippen molar-refractivity contribution in [2.45, 2.75) is 57.7 Å². The van der Waals surface area contributed by atoms with Gasteiger partial charge in [0.1, 0.15) is 12.1 Å². The van der Waals surface area contributed by atoms with Crippen LogP contribution in [0.1, 0.15) is 38.8 Å². The molecule has 1 aromatic rings. The summed E-state index contributed by atoms with van der Waals surface area (Å²) in [7, 11) is 0.